The van der Waals surface area contributed by atoms with E-state index in [4.69, 9.17) is 5.73 Å². The van der Waals surface area contributed by atoms with Crippen molar-refractivity contribution in [1.82, 2.24) is 20.2 Å². The van der Waals surface area contributed by atoms with Crippen LogP contribution in [-0.2, 0) is 15.6 Å². The van der Waals surface area contributed by atoms with Crippen molar-refractivity contribution < 1.29 is 13.2 Å². The minimum atomic E-state index is -3.27. The number of nitrogen functional groups attached to an aromatic ring is 1. The van der Waals surface area contributed by atoms with Crippen LogP contribution in [0.2, 0.25) is 0 Å². The third kappa shape index (κ3) is 6.63. The predicted octanol–water partition coefficient (Wildman–Crippen LogP) is 2.27. The number of nitrogens with two attached hydrogens (primary N) is 1. The Bertz CT molecular complexity index is 1000. The van der Waals surface area contributed by atoms with Gasteiger partial charge in [0.05, 0.1) is 16.7 Å². The van der Waals surface area contributed by atoms with E-state index in [0.29, 0.717) is 42.2 Å². The second kappa shape index (κ2) is 10.1. The minimum absolute atomic E-state index is 0.135. The quantitative estimate of drug-likeness (QED) is 0.567. The molecule has 0 unspecified atom stereocenters. The molecule has 4 N–H and O–H groups in total. The standard InChI is InChI=1S/C21H30N6O3S/c1-27(2)12-11-23-21(28)25-16-9-7-15(8-10-16)20-24-17(13-19(22)26-20)14-31(29,30)18-5-3-4-6-18/h7-10,13,18H,3-6,11-12,14H2,1-2H3,(H2,22,24,26)(H2,23,25,28). The Kier molecular flexibility index (Phi) is 7.45. The number of nitrogens with one attached hydrogen (secondary N) is 2. The molecule has 1 aliphatic carbocycles. The molecule has 0 saturated heterocycles. The third-order valence-electron chi connectivity index (χ3n) is 5.20. The van der Waals surface area contributed by atoms with Crippen molar-refractivity contribution in [2.24, 2.45) is 0 Å². The summed E-state index contributed by atoms with van der Waals surface area (Å²) in [6, 6.07) is 8.24. The summed E-state index contributed by atoms with van der Waals surface area (Å²) in [5, 5.41) is 5.25. The highest BCUT2D eigenvalue weighted by Gasteiger charge is 2.29. The SMILES string of the molecule is CN(C)CCNC(=O)Nc1ccc(-c2nc(N)cc(CS(=O)(=O)C3CCCC3)n2)cc1. The molecule has 0 atom stereocenters. The molecule has 0 spiro atoms. The maximum absolute atomic E-state index is 12.7. The lowest BCUT2D eigenvalue weighted by molar-refractivity contribution is 0.250. The first-order chi connectivity index (χ1) is 14.7. The van der Waals surface area contributed by atoms with Crippen molar-refractivity contribution in [3.8, 4) is 11.4 Å². The lowest BCUT2D eigenvalue weighted by atomic mass is 10.2. The molecule has 0 radical (unpaired) electrons. The van der Waals surface area contributed by atoms with Gasteiger partial charge in [0, 0.05) is 30.4 Å². The van der Waals surface area contributed by atoms with E-state index in [1.165, 1.54) is 6.07 Å². The molecule has 0 bridgehead atoms. The second-order valence-corrected chi connectivity index (χ2v) is 10.4. The van der Waals surface area contributed by atoms with E-state index in [9.17, 15) is 13.2 Å². The number of anilines is 2. The molecule has 1 heterocycles. The average molecular weight is 447 g/mol. The lowest BCUT2D eigenvalue weighted by Gasteiger charge is -2.12. The molecule has 3 rings (SSSR count). The Morgan fingerprint density at radius 3 is 2.48 bits per heavy atom. The van der Waals surface area contributed by atoms with Gasteiger partial charge >= 0.3 is 6.03 Å². The highest BCUT2D eigenvalue weighted by Crippen LogP contribution is 2.27. The van der Waals surface area contributed by atoms with Crippen LogP contribution in [0.25, 0.3) is 11.4 Å². The maximum atomic E-state index is 12.7. The number of likely N-dealkylation sites (N-methyl/N-ethyl adjacent to an activating group) is 1. The first-order valence-corrected chi connectivity index (χ1v) is 12.1. The summed E-state index contributed by atoms with van der Waals surface area (Å²) in [6.07, 6.45) is 3.34. The molecule has 10 heteroatoms. The van der Waals surface area contributed by atoms with Gasteiger partial charge in [0.15, 0.2) is 15.7 Å². The fourth-order valence-electron chi connectivity index (χ4n) is 3.56. The Hall–Kier alpha value is -2.72. The summed E-state index contributed by atoms with van der Waals surface area (Å²) in [5.41, 5.74) is 7.63. The Morgan fingerprint density at radius 2 is 1.84 bits per heavy atom. The zero-order valence-electron chi connectivity index (χ0n) is 18.0. The van der Waals surface area contributed by atoms with Gasteiger partial charge in [-0.3, -0.25) is 0 Å². The first-order valence-electron chi connectivity index (χ1n) is 10.4. The number of amides is 2. The predicted molar refractivity (Wildman–Crippen MR) is 122 cm³/mol. The largest absolute Gasteiger partial charge is 0.384 e. The van der Waals surface area contributed by atoms with E-state index < -0.39 is 9.84 Å². The van der Waals surface area contributed by atoms with Crippen LogP contribution in [0.1, 0.15) is 31.4 Å². The van der Waals surface area contributed by atoms with Crippen LogP contribution >= 0.6 is 0 Å². The molecule has 1 aromatic carbocycles. The summed E-state index contributed by atoms with van der Waals surface area (Å²) < 4.78 is 25.3. The molecule has 2 aromatic rings. The van der Waals surface area contributed by atoms with E-state index in [2.05, 4.69) is 20.6 Å². The molecule has 1 aromatic heterocycles. The van der Waals surface area contributed by atoms with Crippen LogP contribution < -0.4 is 16.4 Å². The highest BCUT2D eigenvalue weighted by molar-refractivity contribution is 7.91. The number of hydrogen-bond donors (Lipinski definition) is 3. The number of sulfone groups is 1. The molecule has 1 aliphatic rings. The zero-order chi connectivity index (χ0) is 22.4. The van der Waals surface area contributed by atoms with Gasteiger partial charge in [-0.25, -0.2) is 23.2 Å². The smallest absolute Gasteiger partial charge is 0.319 e. The number of carbonyl (C=O) groups is 1. The van der Waals surface area contributed by atoms with E-state index >= 15 is 0 Å². The molecular weight excluding hydrogens is 416 g/mol. The fraction of sp³-hybridized carbons (Fsp3) is 0.476. The zero-order valence-corrected chi connectivity index (χ0v) is 18.8. The molecule has 168 valence electrons. The number of urea groups is 1. The van der Waals surface area contributed by atoms with Crippen molar-refractivity contribution in [2.75, 3.05) is 38.2 Å². The maximum Gasteiger partial charge on any atom is 0.319 e. The van der Waals surface area contributed by atoms with Gasteiger partial charge in [-0.15, -0.1) is 0 Å². The second-order valence-electron chi connectivity index (χ2n) is 8.08. The van der Waals surface area contributed by atoms with Crippen molar-refractivity contribution in [1.29, 1.82) is 0 Å². The van der Waals surface area contributed by atoms with E-state index in [1.54, 1.807) is 24.3 Å². The monoisotopic (exact) mass is 446 g/mol. The van der Waals surface area contributed by atoms with E-state index in [1.807, 2.05) is 19.0 Å². The van der Waals surface area contributed by atoms with Gasteiger partial charge in [0.2, 0.25) is 0 Å². The van der Waals surface area contributed by atoms with Crippen LogP contribution in [0.3, 0.4) is 0 Å². The number of hydrogen-bond acceptors (Lipinski definition) is 7. The van der Waals surface area contributed by atoms with Crippen LogP contribution in [0, 0.1) is 0 Å². The summed E-state index contributed by atoms with van der Waals surface area (Å²) in [4.78, 5) is 22.6. The van der Waals surface area contributed by atoms with Crippen LogP contribution in [0.15, 0.2) is 30.3 Å². The Balaban J connectivity index is 1.68. The van der Waals surface area contributed by atoms with Crippen LogP contribution in [0.5, 0.6) is 0 Å². The van der Waals surface area contributed by atoms with Crippen molar-refractivity contribution in [2.45, 2.75) is 36.7 Å². The summed E-state index contributed by atoms with van der Waals surface area (Å²) in [7, 11) is 0.608. The normalized spacial score (nSPS) is 14.7. The number of aromatic nitrogens is 2. The molecule has 1 saturated carbocycles. The van der Waals surface area contributed by atoms with Gasteiger partial charge in [-0.05, 0) is 51.2 Å². The van der Waals surface area contributed by atoms with Crippen LogP contribution in [0.4, 0.5) is 16.3 Å². The minimum Gasteiger partial charge on any atom is -0.384 e. The van der Waals surface area contributed by atoms with E-state index in [-0.39, 0.29) is 22.9 Å². The van der Waals surface area contributed by atoms with Gasteiger partial charge in [0.1, 0.15) is 5.82 Å². The number of rotatable bonds is 8. The molecule has 0 aliphatic heterocycles. The number of benzene rings is 1. The average Bonchev–Trinajstić information content (AvgIpc) is 3.23. The Labute approximate surface area is 183 Å². The molecule has 9 nitrogen and oxygen atoms in total. The highest BCUT2D eigenvalue weighted by atomic mass is 32.2. The number of carbonyl (C=O) groups excluding carboxylic acids is 1. The molecule has 2 amide bonds. The summed E-state index contributed by atoms with van der Waals surface area (Å²) in [5.74, 6) is 0.451. The third-order valence-corrected chi connectivity index (χ3v) is 7.39. The summed E-state index contributed by atoms with van der Waals surface area (Å²) >= 11 is 0. The van der Waals surface area contributed by atoms with Crippen LogP contribution in [-0.4, -0.2) is 61.8 Å². The summed E-state index contributed by atoms with van der Waals surface area (Å²) in [6.45, 7) is 1.29. The molecular formula is C21H30N6O3S. The topological polar surface area (TPSA) is 130 Å². The fourth-order valence-corrected chi connectivity index (χ4v) is 5.41. The van der Waals surface area contributed by atoms with Crippen molar-refractivity contribution >= 4 is 27.4 Å². The van der Waals surface area contributed by atoms with Gasteiger partial charge < -0.3 is 21.3 Å². The van der Waals surface area contributed by atoms with Crippen molar-refractivity contribution in [3.05, 3.63) is 36.0 Å². The van der Waals surface area contributed by atoms with Gasteiger partial charge in [0.25, 0.3) is 0 Å². The van der Waals surface area contributed by atoms with Crippen molar-refractivity contribution in [3.63, 3.8) is 0 Å². The first kappa shape index (κ1) is 23.0. The van der Waals surface area contributed by atoms with Gasteiger partial charge in [-0.1, -0.05) is 12.8 Å². The Morgan fingerprint density at radius 1 is 1.16 bits per heavy atom. The van der Waals surface area contributed by atoms with Gasteiger partial charge in [-0.2, -0.15) is 0 Å². The lowest BCUT2D eigenvalue weighted by Crippen LogP contribution is -2.34. The molecule has 31 heavy (non-hydrogen) atoms. The number of nitrogens with zero attached hydrogens (tertiary/aromatic N) is 3. The van der Waals surface area contributed by atoms with E-state index in [0.717, 1.165) is 19.4 Å². The molecule has 1 fully saturated rings.